The summed E-state index contributed by atoms with van der Waals surface area (Å²) in [6, 6.07) is 16.9. The number of esters is 1. The van der Waals surface area contributed by atoms with E-state index in [4.69, 9.17) is 4.74 Å². The summed E-state index contributed by atoms with van der Waals surface area (Å²) in [6.07, 6.45) is -0.929. The number of thiazole rings is 1. The van der Waals surface area contributed by atoms with Crippen molar-refractivity contribution in [2.45, 2.75) is 32.8 Å². The molecule has 2 aromatic carbocycles. The van der Waals surface area contributed by atoms with Gasteiger partial charge in [-0.1, -0.05) is 56.3 Å². The Kier molecular flexibility index (Phi) is 6.21. The Morgan fingerprint density at radius 2 is 1.68 bits per heavy atom. The van der Waals surface area contributed by atoms with Gasteiger partial charge in [0.2, 0.25) is 0 Å². The molecule has 3 aromatic rings. The fraction of sp³-hybridized carbons (Fsp3) is 0.227. The molecule has 0 radical (unpaired) electrons. The Labute approximate surface area is 168 Å². The first-order chi connectivity index (χ1) is 13.4. The van der Waals surface area contributed by atoms with Crippen LogP contribution in [0.4, 0.5) is 5.13 Å². The quantitative estimate of drug-likeness (QED) is 0.589. The van der Waals surface area contributed by atoms with Crippen molar-refractivity contribution < 1.29 is 14.3 Å². The molecule has 6 heteroatoms. The second-order valence-corrected chi connectivity index (χ2v) is 7.58. The molecule has 0 fully saturated rings. The molecule has 1 aromatic heterocycles. The van der Waals surface area contributed by atoms with Gasteiger partial charge in [0.05, 0.1) is 11.3 Å². The number of rotatable bonds is 6. The number of aromatic nitrogens is 1. The van der Waals surface area contributed by atoms with E-state index in [9.17, 15) is 9.59 Å². The Balaban J connectivity index is 1.58. The van der Waals surface area contributed by atoms with Gasteiger partial charge in [0.15, 0.2) is 11.2 Å². The Hall–Kier alpha value is -2.99. The molecular formula is C22H22N2O3S. The normalized spacial score (nSPS) is 11.9. The number of ether oxygens (including phenoxy) is 1. The van der Waals surface area contributed by atoms with Crippen LogP contribution in [0.15, 0.2) is 60.0 Å². The van der Waals surface area contributed by atoms with E-state index in [2.05, 4.69) is 24.1 Å². The Morgan fingerprint density at radius 1 is 1.00 bits per heavy atom. The van der Waals surface area contributed by atoms with E-state index in [0.29, 0.717) is 16.6 Å². The molecule has 28 heavy (non-hydrogen) atoms. The van der Waals surface area contributed by atoms with Gasteiger partial charge in [-0.2, -0.15) is 0 Å². The molecule has 1 heterocycles. The van der Waals surface area contributed by atoms with E-state index in [0.717, 1.165) is 16.8 Å². The standard InChI is InChI=1S/C22H22N2O3S/c1-14(2)16-9-11-18(12-10-16)21(26)27-15(3)20(25)24-22-23-19(13-28-22)17-7-5-4-6-8-17/h4-15H,1-3H3,(H,23,24,25)/t15-/m0/s1. The lowest BCUT2D eigenvalue weighted by molar-refractivity contribution is -0.123. The highest BCUT2D eigenvalue weighted by atomic mass is 32.1. The number of anilines is 1. The van der Waals surface area contributed by atoms with Gasteiger partial charge in [-0.25, -0.2) is 9.78 Å². The zero-order chi connectivity index (χ0) is 20.1. The summed E-state index contributed by atoms with van der Waals surface area (Å²) < 4.78 is 5.29. The van der Waals surface area contributed by atoms with Crippen LogP contribution in [-0.2, 0) is 9.53 Å². The predicted octanol–water partition coefficient (Wildman–Crippen LogP) is 5.12. The van der Waals surface area contributed by atoms with E-state index >= 15 is 0 Å². The molecule has 0 aliphatic heterocycles. The summed E-state index contributed by atoms with van der Waals surface area (Å²) in [5, 5.41) is 5.04. The molecule has 0 saturated heterocycles. The van der Waals surface area contributed by atoms with Crippen LogP contribution in [0.1, 0.15) is 42.6 Å². The summed E-state index contributed by atoms with van der Waals surface area (Å²) in [7, 11) is 0. The average Bonchev–Trinajstić information content (AvgIpc) is 3.17. The zero-order valence-corrected chi connectivity index (χ0v) is 16.8. The molecular weight excluding hydrogens is 372 g/mol. The first-order valence-corrected chi connectivity index (χ1v) is 9.94. The third kappa shape index (κ3) is 4.84. The van der Waals surface area contributed by atoms with Crippen LogP contribution in [0.2, 0.25) is 0 Å². The Bertz CT molecular complexity index is 949. The highest BCUT2D eigenvalue weighted by Crippen LogP contribution is 2.24. The molecule has 144 valence electrons. The van der Waals surface area contributed by atoms with Crippen molar-refractivity contribution in [3.05, 3.63) is 71.1 Å². The average molecular weight is 394 g/mol. The molecule has 0 aliphatic rings. The minimum atomic E-state index is -0.929. The number of carbonyl (C=O) groups excluding carboxylic acids is 2. The van der Waals surface area contributed by atoms with E-state index in [-0.39, 0.29) is 0 Å². The lowest BCUT2D eigenvalue weighted by Crippen LogP contribution is -2.30. The van der Waals surface area contributed by atoms with Crippen molar-refractivity contribution >= 4 is 28.3 Å². The van der Waals surface area contributed by atoms with Crippen molar-refractivity contribution in [2.24, 2.45) is 0 Å². The van der Waals surface area contributed by atoms with Crippen molar-refractivity contribution in [1.29, 1.82) is 0 Å². The molecule has 0 spiro atoms. The summed E-state index contributed by atoms with van der Waals surface area (Å²) in [6.45, 7) is 5.71. The smallest absolute Gasteiger partial charge is 0.338 e. The number of amides is 1. The van der Waals surface area contributed by atoms with Crippen molar-refractivity contribution in [2.75, 3.05) is 5.32 Å². The summed E-state index contributed by atoms with van der Waals surface area (Å²) in [5.41, 5.74) is 3.32. The summed E-state index contributed by atoms with van der Waals surface area (Å²) in [4.78, 5) is 29.0. The number of benzene rings is 2. The van der Waals surface area contributed by atoms with Gasteiger partial charge in [0.25, 0.3) is 5.91 Å². The Morgan fingerprint density at radius 3 is 2.32 bits per heavy atom. The zero-order valence-electron chi connectivity index (χ0n) is 16.0. The van der Waals surface area contributed by atoms with Crippen molar-refractivity contribution in [1.82, 2.24) is 4.98 Å². The molecule has 0 unspecified atom stereocenters. The van der Waals surface area contributed by atoms with Crippen LogP contribution in [0, 0.1) is 0 Å². The fourth-order valence-corrected chi connectivity index (χ4v) is 3.29. The monoisotopic (exact) mass is 394 g/mol. The maximum Gasteiger partial charge on any atom is 0.338 e. The number of hydrogen-bond donors (Lipinski definition) is 1. The third-order valence-electron chi connectivity index (χ3n) is 4.27. The van der Waals surface area contributed by atoms with Crippen molar-refractivity contribution in [3.63, 3.8) is 0 Å². The van der Waals surface area contributed by atoms with Gasteiger partial charge in [-0.3, -0.25) is 10.1 Å². The predicted molar refractivity (Wildman–Crippen MR) is 112 cm³/mol. The van der Waals surface area contributed by atoms with E-state index < -0.39 is 18.0 Å². The van der Waals surface area contributed by atoms with Gasteiger partial charge in [0.1, 0.15) is 0 Å². The molecule has 0 bridgehead atoms. The molecule has 0 saturated carbocycles. The van der Waals surface area contributed by atoms with Crippen molar-refractivity contribution in [3.8, 4) is 11.3 Å². The van der Waals surface area contributed by atoms with Gasteiger partial charge in [-0.05, 0) is 30.5 Å². The molecule has 3 rings (SSSR count). The largest absolute Gasteiger partial charge is 0.449 e. The minimum absolute atomic E-state index is 0.383. The first-order valence-electron chi connectivity index (χ1n) is 9.07. The second kappa shape index (κ2) is 8.80. The molecule has 1 N–H and O–H groups in total. The van der Waals surface area contributed by atoms with Gasteiger partial charge in [0, 0.05) is 10.9 Å². The maximum absolute atomic E-state index is 12.3. The second-order valence-electron chi connectivity index (χ2n) is 6.72. The van der Waals surface area contributed by atoms with Crippen LogP contribution in [-0.4, -0.2) is 23.0 Å². The lowest BCUT2D eigenvalue weighted by atomic mass is 10.0. The van der Waals surface area contributed by atoms with Gasteiger partial charge >= 0.3 is 5.97 Å². The van der Waals surface area contributed by atoms with E-state index in [1.54, 1.807) is 19.1 Å². The molecule has 0 aliphatic carbocycles. The van der Waals surface area contributed by atoms with E-state index in [1.165, 1.54) is 11.3 Å². The fourth-order valence-electron chi connectivity index (χ4n) is 2.57. The summed E-state index contributed by atoms with van der Waals surface area (Å²) in [5.74, 6) is -0.558. The van der Waals surface area contributed by atoms with Crippen LogP contribution in [0.5, 0.6) is 0 Å². The minimum Gasteiger partial charge on any atom is -0.449 e. The number of carbonyl (C=O) groups is 2. The van der Waals surface area contributed by atoms with E-state index in [1.807, 2.05) is 47.8 Å². The number of nitrogens with one attached hydrogen (secondary N) is 1. The number of hydrogen-bond acceptors (Lipinski definition) is 5. The molecule has 1 amide bonds. The highest BCUT2D eigenvalue weighted by molar-refractivity contribution is 7.14. The first kappa shape index (κ1) is 19.8. The number of nitrogens with zero attached hydrogens (tertiary/aromatic N) is 1. The van der Waals surface area contributed by atoms with Crippen LogP contribution < -0.4 is 5.32 Å². The molecule has 1 atom stereocenters. The van der Waals surface area contributed by atoms with Gasteiger partial charge < -0.3 is 4.74 Å². The van der Waals surface area contributed by atoms with Crippen LogP contribution in [0.3, 0.4) is 0 Å². The molecule has 5 nitrogen and oxygen atoms in total. The van der Waals surface area contributed by atoms with Crippen LogP contribution in [0.25, 0.3) is 11.3 Å². The SMILES string of the molecule is CC(C)c1ccc(C(=O)O[C@@H](C)C(=O)Nc2nc(-c3ccccc3)cs2)cc1. The summed E-state index contributed by atoms with van der Waals surface area (Å²) >= 11 is 1.33. The lowest BCUT2D eigenvalue weighted by Gasteiger charge is -2.13. The van der Waals surface area contributed by atoms with Crippen LogP contribution >= 0.6 is 11.3 Å². The highest BCUT2D eigenvalue weighted by Gasteiger charge is 2.20. The topological polar surface area (TPSA) is 68.3 Å². The maximum atomic E-state index is 12.3. The third-order valence-corrected chi connectivity index (χ3v) is 5.03. The van der Waals surface area contributed by atoms with Gasteiger partial charge in [-0.15, -0.1) is 11.3 Å².